The molecule has 0 bridgehead atoms. The summed E-state index contributed by atoms with van der Waals surface area (Å²) in [6.07, 6.45) is -2.95. The van der Waals surface area contributed by atoms with Crippen molar-refractivity contribution in [3.63, 3.8) is 0 Å². The number of benzene rings is 4. The van der Waals surface area contributed by atoms with Crippen LogP contribution in [0.15, 0.2) is 120 Å². The van der Waals surface area contributed by atoms with E-state index in [4.69, 9.17) is 18.9 Å². The number of rotatable bonds is 9. The predicted molar refractivity (Wildman–Crippen MR) is 154 cm³/mol. The standard InChI is InChI=1S/C33H28O7S/c1-22-17-19-26(20-18-22)41-33-29(40-32(36)25-15-9-4-10-16-25)28(39-31(35)24-13-7-3-8-14-24)27(38-33)21-37-30(34)23-11-5-2-6-12-23/h2-20,27-29,33H,21H2,1H3/t27-,28-,29+,33-/m1/s1. The second-order valence-corrected chi connectivity index (χ2v) is 10.6. The molecule has 1 fully saturated rings. The third-order valence-electron chi connectivity index (χ3n) is 6.43. The van der Waals surface area contributed by atoms with Crippen LogP contribution in [0.1, 0.15) is 36.6 Å². The number of carbonyl (C=O) groups is 3. The highest BCUT2D eigenvalue weighted by Crippen LogP contribution is 2.38. The number of carbonyl (C=O) groups excluding carboxylic acids is 3. The molecule has 208 valence electrons. The first-order chi connectivity index (χ1) is 20.0. The first-order valence-electron chi connectivity index (χ1n) is 13.1. The third-order valence-corrected chi connectivity index (χ3v) is 7.59. The second kappa shape index (κ2) is 13.3. The second-order valence-electron chi connectivity index (χ2n) is 9.41. The lowest BCUT2D eigenvalue weighted by Crippen LogP contribution is -2.41. The molecule has 41 heavy (non-hydrogen) atoms. The number of ether oxygens (including phenoxy) is 4. The molecule has 1 heterocycles. The minimum Gasteiger partial charge on any atom is -0.459 e. The van der Waals surface area contributed by atoms with Gasteiger partial charge in [0.05, 0.1) is 16.7 Å². The van der Waals surface area contributed by atoms with E-state index >= 15 is 0 Å². The smallest absolute Gasteiger partial charge is 0.338 e. The van der Waals surface area contributed by atoms with Crippen LogP contribution in [-0.2, 0) is 18.9 Å². The molecule has 0 radical (unpaired) electrons. The molecule has 1 aliphatic heterocycles. The zero-order valence-electron chi connectivity index (χ0n) is 22.3. The SMILES string of the molecule is Cc1ccc(S[C@H]2O[C@H](COC(=O)c3ccccc3)[C@@H](OC(=O)c3ccccc3)[C@@H]2OC(=O)c2ccccc2)cc1. The predicted octanol–water partition coefficient (Wildman–Crippen LogP) is 6.12. The van der Waals surface area contributed by atoms with Gasteiger partial charge in [0.15, 0.2) is 12.2 Å². The molecule has 1 saturated heterocycles. The number of thioether (sulfide) groups is 1. The lowest BCUT2D eigenvalue weighted by Gasteiger charge is -2.24. The maximum absolute atomic E-state index is 13.2. The Morgan fingerprint density at radius 3 is 1.61 bits per heavy atom. The molecule has 4 aromatic rings. The van der Waals surface area contributed by atoms with Crippen molar-refractivity contribution in [1.29, 1.82) is 0 Å². The van der Waals surface area contributed by atoms with Gasteiger partial charge in [0.1, 0.15) is 18.1 Å². The summed E-state index contributed by atoms with van der Waals surface area (Å²) in [6, 6.07) is 33.4. The van der Waals surface area contributed by atoms with Crippen LogP contribution in [0.4, 0.5) is 0 Å². The highest BCUT2D eigenvalue weighted by atomic mass is 32.2. The Bertz CT molecular complexity index is 1460. The lowest BCUT2D eigenvalue weighted by molar-refractivity contribution is -0.0435. The van der Waals surface area contributed by atoms with Gasteiger partial charge in [0.2, 0.25) is 0 Å². The fraction of sp³-hybridized carbons (Fsp3) is 0.182. The van der Waals surface area contributed by atoms with Crippen molar-refractivity contribution >= 4 is 29.7 Å². The molecule has 0 aliphatic carbocycles. The van der Waals surface area contributed by atoms with Crippen LogP contribution in [0.3, 0.4) is 0 Å². The lowest BCUT2D eigenvalue weighted by atomic mass is 10.1. The molecule has 0 saturated carbocycles. The van der Waals surface area contributed by atoms with Crippen LogP contribution >= 0.6 is 11.8 Å². The highest BCUT2D eigenvalue weighted by Gasteiger charge is 2.51. The van der Waals surface area contributed by atoms with Gasteiger partial charge in [0, 0.05) is 4.90 Å². The Morgan fingerprint density at radius 1 is 0.634 bits per heavy atom. The number of esters is 3. The average molecular weight is 569 g/mol. The third kappa shape index (κ3) is 7.22. The number of aryl methyl sites for hydroxylation is 1. The van der Waals surface area contributed by atoms with Gasteiger partial charge in [0.25, 0.3) is 0 Å². The van der Waals surface area contributed by atoms with E-state index in [9.17, 15) is 14.4 Å². The van der Waals surface area contributed by atoms with Crippen LogP contribution in [0.25, 0.3) is 0 Å². The Morgan fingerprint density at radius 2 is 1.10 bits per heavy atom. The molecule has 1 aliphatic rings. The van der Waals surface area contributed by atoms with Crippen LogP contribution in [0.5, 0.6) is 0 Å². The normalized spacial score (nSPS) is 19.7. The zero-order chi connectivity index (χ0) is 28.6. The molecule has 0 N–H and O–H groups in total. The van der Waals surface area contributed by atoms with Crippen LogP contribution in [-0.4, -0.2) is 48.3 Å². The van der Waals surface area contributed by atoms with Gasteiger partial charge >= 0.3 is 17.9 Å². The van der Waals surface area contributed by atoms with Gasteiger partial charge < -0.3 is 18.9 Å². The number of hydrogen-bond donors (Lipinski definition) is 0. The van der Waals surface area contributed by atoms with E-state index < -0.39 is 41.7 Å². The minimum atomic E-state index is -1.05. The van der Waals surface area contributed by atoms with E-state index in [0.29, 0.717) is 16.7 Å². The van der Waals surface area contributed by atoms with Gasteiger partial charge in [-0.05, 0) is 55.5 Å². The van der Waals surface area contributed by atoms with E-state index in [1.54, 1.807) is 91.0 Å². The molecule has 0 spiro atoms. The summed E-state index contributed by atoms with van der Waals surface area (Å²) in [5.41, 5.74) is 1.39. The first kappa shape index (κ1) is 28.1. The van der Waals surface area contributed by atoms with Crippen molar-refractivity contribution in [2.75, 3.05) is 6.61 Å². The Hall–Kier alpha value is -4.40. The summed E-state index contributed by atoms with van der Waals surface area (Å²) in [7, 11) is 0. The zero-order valence-corrected chi connectivity index (χ0v) is 23.1. The molecule has 8 heteroatoms. The van der Waals surface area contributed by atoms with Crippen LogP contribution in [0.2, 0.25) is 0 Å². The van der Waals surface area contributed by atoms with Gasteiger partial charge in [-0.1, -0.05) is 84.1 Å². The molecule has 0 aromatic heterocycles. The molecule has 7 nitrogen and oxygen atoms in total. The van der Waals surface area contributed by atoms with Gasteiger partial charge in [-0.15, -0.1) is 0 Å². The van der Waals surface area contributed by atoms with E-state index in [1.807, 2.05) is 31.2 Å². The van der Waals surface area contributed by atoms with Gasteiger partial charge in [-0.25, -0.2) is 14.4 Å². The summed E-state index contributed by atoms with van der Waals surface area (Å²) >= 11 is 1.33. The largest absolute Gasteiger partial charge is 0.459 e. The van der Waals surface area contributed by atoms with Crippen LogP contribution < -0.4 is 0 Å². The number of hydrogen-bond acceptors (Lipinski definition) is 8. The summed E-state index contributed by atoms with van der Waals surface area (Å²) < 4.78 is 23.8. The quantitative estimate of drug-likeness (QED) is 0.176. The molecule has 4 atom stereocenters. The Balaban J connectivity index is 1.43. The van der Waals surface area contributed by atoms with E-state index in [1.165, 1.54) is 11.8 Å². The molecule has 5 rings (SSSR count). The minimum absolute atomic E-state index is 0.217. The fourth-order valence-electron chi connectivity index (χ4n) is 4.29. The molecular formula is C33H28O7S. The Kier molecular flexibility index (Phi) is 9.13. The topological polar surface area (TPSA) is 88.1 Å². The molecule has 0 unspecified atom stereocenters. The summed E-state index contributed by atoms with van der Waals surface area (Å²) in [5, 5.41) is 0. The summed E-state index contributed by atoms with van der Waals surface area (Å²) in [4.78, 5) is 40.0. The maximum atomic E-state index is 13.2. The van der Waals surface area contributed by atoms with Crippen molar-refractivity contribution in [2.45, 2.75) is 35.6 Å². The van der Waals surface area contributed by atoms with Crippen LogP contribution in [0, 0.1) is 6.92 Å². The van der Waals surface area contributed by atoms with Gasteiger partial charge in [-0.2, -0.15) is 0 Å². The monoisotopic (exact) mass is 568 g/mol. The molecule has 0 amide bonds. The summed E-state index contributed by atoms with van der Waals surface area (Å²) in [6.45, 7) is 1.77. The average Bonchev–Trinajstić information content (AvgIpc) is 3.33. The first-order valence-corrected chi connectivity index (χ1v) is 14.0. The van der Waals surface area contributed by atoms with E-state index in [-0.39, 0.29) is 6.61 Å². The summed E-state index contributed by atoms with van der Waals surface area (Å²) in [5.74, 6) is -1.74. The van der Waals surface area contributed by atoms with Crippen molar-refractivity contribution in [2.24, 2.45) is 0 Å². The highest BCUT2D eigenvalue weighted by molar-refractivity contribution is 7.99. The van der Waals surface area contributed by atoms with E-state index in [2.05, 4.69) is 0 Å². The van der Waals surface area contributed by atoms with E-state index in [0.717, 1.165) is 10.5 Å². The van der Waals surface area contributed by atoms with Crippen molar-refractivity contribution in [3.05, 3.63) is 138 Å². The molecule has 4 aromatic carbocycles. The fourth-order valence-corrected chi connectivity index (χ4v) is 5.39. The Labute approximate surface area is 242 Å². The van der Waals surface area contributed by atoms with Crippen molar-refractivity contribution < 1.29 is 33.3 Å². The molecular weight excluding hydrogens is 540 g/mol. The maximum Gasteiger partial charge on any atom is 0.338 e. The van der Waals surface area contributed by atoms with Crippen molar-refractivity contribution in [1.82, 2.24) is 0 Å². The van der Waals surface area contributed by atoms with Gasteiger partial charge in [-0.3, -0.25) is 0 Å². The van der Waals surface area contributed by atoms with Crippen molar-refractivity contribution in [3.8, 4) is 0 Å².